The fraction of sp³-hybridized carbons (Fsp3) is 0.333. The molecule has 6 nitrogen and oxygen atoms in total. The molecule has 1 aromatic heterocycles. The lowest BCUT2D eigenvalue weighted by atomic mass is 10.2. The average molecular weight is 209 g/mol. The van der Waals surface area contributed by atoms with Crippen molar-refractivity contribution >= 4 is 23.2 Å². The third-order valence-corrected chi connectivity index (χ3v) is 1.86. The zero-order chi connectivity index (χ0) is 11.4. The molecule has 0 saturated heterocycles. The van der Waals surface area contributed by atoms with E-state index in [2.05, 4.69) is 10.3 Å². The van der Waals surface area contributed by atoms with Crippen LogP contribution in [0.1, 0.15) is 13.3 Å². The summed E-state index contributed by atoms with van der Waals surface area (Å²) in [6, 6.07) is 3.27. The molecule has 1 amide bonds. The van der Waals surface area contributed by atoms with Gasteiger partial charge in [0.1, 0.15) is 11.6 Å². The van der Waals surface area contributed by atoms with E-state index in [0.29, 0.717) is 11.5 Å². The Bertz CT molecular complexity index is 366. The Morgan fingerprint density at radius 1 is 1.53 bits per heavy atom. The lowest BCUT2D eigenvalue weighted by Crippen LogP contribution is -2.24. The highest BCUT2D eigenvalue weighted by Crippen LogP contribution is 2.15. The first-order valence-electron chi connectivity index (χ1n) is 4.56. The zero-order valence-corrected chi connectivity index (χ0v) is 8.53. The highest BCUT2D eigenvalue weighted by atomic mass is 16.1. The molecule has 7 N–H and O–H groups in total. The van der Waals surface area contributed by atoms with Gasteiger partial charge in [0.05, 0.1) is 5.69 Å². The highest BCUT2D eigenvalue weighted by molar-refractivity contribution is 5.74. The van der Waals surface area contributed by atoms with Crippen LogP contribution in [0, 0.1) is 0 Å². The van der Waals surface area contributed by atoms with Gasteiger partial charge in [0.25, 0.3) is 0 Å². The van der Waals surface area contributed by atoms with E-state index in [1.807, 2.05) is 6.92 Å². The van der Waals surface area contributed by atoms with Crippen LogP contribution in [0.4, 0.5) is 17.3 Å². The van der Waals surface area contributed by atoms with E-state index in [1.165, 1.54) is 0 Å². The minimum atomic E-state index is -0.363. The van der Waals surface area contributed by atoms with Gasteiger partial charge in [-0.15, -0.1) is 0 Å². The Morgan fingerprint density at radius 3 is 2.73 bits per heavy atom. The number of carbonyl (C=O) groups excluding carboxylic acids is 1. The molecular formula is C9H15N5O. The van der Waals surface area contributed by atoms with Gasteiger partial charge < -0.3 is 22.5 Å². The number of hydrogen-bond donors (Lipinski definition) is 4. The van der Waals surface area contributed by atoms with Crippen LogP contribution in [-0.2, 0) is 4.79 Å². The maximum atomic E-state index is 10.6. The summed E-state index contributed by atoms with van der Waals surface area (Å²) in [6.07, 6.45) is 0.242. The topological polar surface area (TPSA) is 120 Å². The average Bonchev–Trinajstić information content (AvgIpc) is 2.10. The van der Waals surface area contributed by atoms with Crippen molar-refractivity contribution in [3.8, 4) is 0 Å². The Kier molecular flexibility index (Phi) is 3.33. The number of nitrogens with zero attached hydrogens (tertiary/aromatic N) is 1. The summed E-state index contributed by atoms with van der Waals surface area (Å²) in [7, 11) is 0. The van der Waals surface area contributed by atoms with E-state index in [1.54, 1.807) is 12.1 Å². The summed E-state index contributed by atoms with van der Waals surface area (Å²) >= 11 is 0. The van der Waals surface area contributed by atoms with Gasteiger partial charge in [-0.25, -0.2) is 4.98 Å². The molecule has 1 rings (SSSR count). The second kappa shape index (κ2) is 4.50. The zero-order valence-electron chi connectivity index (χ0n) is 8.53. The van der Waals surface area contributed by atoms with Gasteiger partial charge >= 0.3 is 0 Å². The summed E-state index contributed by atoms with van der Waals surface area (Å²) in [5, 5.41) is 2.99. The summed E-state index contributed by atoms with van der Waals surface area (Å²) in [6.45, 7) is 1.83. The highest BCUT2D eigenvalue weighted by Gasteiger charge is 2.07. The van der Waals surface area contributed by atoms with Crippen LogP contribution in [0.3, 0.4) is 0 Å². The number of primary amides is 1. The van der Waals surface area contributed by atoms with Crippen LogP contribution in [-0.4, -0.2) is 16.9 Å². The van der Waals surface area contributed by atoms with Crippen molar-refractivity contribution < 1.29 is 4.79 Å². The molecule has 82 valence electrons. The number of nitrogen functional groups attached to an aromatic ring is 2. The second-order valence-corrected chi connectivity index (χ2v) is 3.39. The largest absolute Gasteiger partial charge is 0.396 e. The fourth-order valence-corrected chi connectivity index (χ4v) is 1.17. The normalized spacial score (nSPS) is 12.1. The molecule has 1 unspecified atom stereocenters. The van der Waals surface area contributed by atoms with Gasteiger partial charge in [-0.3, -0.25) is 4.79 Å². The fourth-order valence-electron chi connectivity index (χ4n) is 1.17. The predicted octanol–water partition coefficient (Wildman–Crippen LogP) is -0.0782. The number of carbonyl (C=O) groups is 1. The molecule has 1 heterocycles. The van der Waals surface area contributed by atoms with E-state index in [9.17, 15) is 4.79 Å². The first-order valence-corrected chi connectivity index (χ1v) is 4.56. The smallest absolute Gasteiger partial charge is 0.219 e. The predicted molar refractivity (Wildman–Crippen MR) is 60.0 cm³/mol. The van der Waals surface area contributed by atoms with Crippen molar-refractivity contribution in [1.82, 2.24) is 4.98 Å². The first-order chi connectivity index (χ1) is 6.99. The summed E-state index contributed by atoms with van der Waals surface area (Å²) < 4.78 is 0. The number of nitrogens with one attached hydrogen (secondary N) is 1. The van der Waals surface area contributed by atoms with Crippen LogP contribution < -0.4 is 22.5 Å². The standard InChI is InChI=1S/C9H15N5O/c1-5(4-7(11)15)13-8-3-2-6(10)9(12)14-8/h2-3,5H,4,10H2,1H3,(H2,11,15)(H3,12,13,14). The van der Waals surface area contributed by atoms with Crippen LogP contribution >= 0.6 is 0 Å². The molecule has 0 radical (unpaired) electrons. The van der Waals surface area contributed by atoms with Crippen molar-refractivity contribution in [2.24, 2.45) is 5.73 Å². The summed E-state index contributed by atoms with van der Waals surface area (Å²) in [5.41, 5.74) is 16.5. The van der Waals surface area contributed by atoms with E-state index in [0.717, 1.165) is 0 Å². The molecule has 1 atom stereocenters. The van der Waals surface area contributed by atoms with E-state index < -0.39 is 0 Å². The van der Waals surface area contributed by atoms with Gasteiger partial charge in [0, 0.05) is 12.5 Å². The molecule has 0 spiro atoms. The Hall–Kier alpha value is -1.98. The van der Waals surface area contributed by atoms with Gasteiger partial charge in [-0.2, -0.15) is 0 Å². The minimum absolute atomic E-state index is 0.0852. The van der Waals surface area contributed by atoms with Crippen LogP contribution in [0.15, 0.2) is 12.1 Å². The SMILES string of the molecule is CC(CC(N)=O)Nc1ccc(N)c(N)n1. The number of hydrogen-bond acceptors (Lipinski definition) is 5. The lowest BCUT2D eigenvalue weighted by Gasteiger charge is -2.13. The third kappa shape index (κ3) is 3.34. The number of rotatable bonds is 4. The number of anilines is 3. The van der Waals surface area contributed by atoms with Crippen LogP contribution in [0.25, 0.3) is 0 Å². The van der Waals surface area contributed by atoms with Crippen molar-refractivity contribution in [3.63, 3.8) is 0 Å². The molecule has 0 saturated carbocycles. The molecule has 0 aliphatic carbocycles. The van der Waals surface area contributed by atoms with Crippen molar-refractivity contribution in [3.05, 3.63) is 12.1 Å². The molecule has 0 aromatic carbocycles. The maximum absolute atomic E-state index is 10.6. The van der Waals surface area contributed by atoms with Crippen molar-refractivity contribution in [2.75, 3.05) is 16.8 Å². The Morgan fingerprint density at radius 2 is 2.20 bits per heavy atom. The number of aromatic nitrogens is 1. The Balaban J connectivity index is 2.64. The lowest BCUT2D eigenvalue weighted by molar-refractivity contribution is -0.118. The van der Waals surface area contributed by atoms with Crippen molar-refractivity contribution in [2.45, 2.75) is 19.4 Å². The minimum Gasteiger partial charge on any atom is -0.396 e. The van der Waals surface area contributed by atoms with Crippen LogP contribution in [0.5, 0.6) is 0 Å². The second-order valence-electron chi connectivity index (χ2n) is 3.39. The van der Waals surface area contributed by atoms with Gasteiger partial charge in [-0.05, 0) is 19.1 Å². The first kappa shape index (κ1) is 11.1. The molecule has 1 aromatic rings. The van der Waals surface area contributed by atoms with Crippen molar-refractivity contribution in [1.29, 1.82) is 0 Å². The molecule has 0 fully saturated rings. The molecular weight excluding hydrogens is 194 g/mol. The maximum Gasteiger partial charge on any atom is 0.219 e. The monoisotopic (exact) mass is 209 g/mol. The molecule has 0 bridgehead atoms. The molecule has 0 aliphatic rings. The van der Waals surface area contributed by atoms with E-state index >= 15 is 0 Å². The van der Waals surface area contributed by atoms with E-state index in [4.69, 9.17) is 17.2 Å². The third-order valence-electron chi connectivity index (χ3n) is 1.86. The quantitative estimate of drug-likeness (QED) is 0.553. The molecule has 0 aliphatic heterocycles. The van der Waals surface area contributed by atoms with Gasteiger partial charge in [-0.1, -0.05) is 0 Å². The molecule has 15 heavy (non-hydrogen) atoms. The number of amides is 1. The summed E-state index contributed by atoms with van der Waals surface area (Å²) in [4.78, 5) is 14.6. The number of pyridine rings is 1. The molecule has 6 heteroatoms. The van der Waals surface area contributed by atoms with E-state index in [-0.39, 0.29) is 24.2 Å². The van der Waals surface area contributed by atoms with Gasteiger partial charge in [0.15, 0.2) is 0 Å². The Labute approximate surface area is 87.8 Å². The van der Waals surface area contributed by atoms with Gasteiger partial charge in [0.2, 0.25) is 5.91 Å². The van der Waals surface area contributed by atoms with Crippen LogP contribution in [0.2, 0.25) is 0 Å². The summed E-state index contributed by atoms with van der Waals surface area (Å²) in [5.74, 6) is 0.486. The number of nitrogens with two attached hydrogens (primary N) is 3.